The Morgan fingerprint density at radius 3 is 2.17 bits per heavy atom. The van der Waals surface area contributed by atoms with E-state index in [1.165, 1.54) is 66.3 Å². The Hall–Kier alpha value is -7.89. The van der Waals surface area contributed by atoms with Gasteiger partial charge in [-0.1, -0.05) is 45.9 Å². The van der Waals surface area contributed by atoms with E-state index in [9.17, 15) is 54.0 Å². The predicted molar refractivity (Wildman–Crippen MR) is 297 cm³/mol. The predicted octanol–water partition coefficient (Wildman–Crippen LogP) is 5.17. The van der Waals surface area contributed by atoms with E-state index in [-0.39, 0.29) is 101 Å². The molecule has 6 N–H and O–H groups in total. The van der Waals surface area contributed by atoms with Crippen LogP contribution in [0, 0.1) is 42.3 Å². The van der Waals surface area contributed by atoms with Crippen molar-refractivity contribution >= 4 is 57.7 Å². The molecule has 3 fully saturated rings. The quantitative estimate of drug-likeness (QED) is 0.151. The number of benzene rings is 2. The molecule has 2 aromatic carbocycles. The number of rotatable bonds is 9. The first kappa shape index (κ1) is 59.7. The van der Waals surface area contributed by atoms with Gasteiger partial charge in [-0.25, -0.2) is 9.18 Å². The topological polar surface area (TPSA) is 299 Å². The number of carboxylic acid groups (broad SMARTS) is 1. The van der Waals surface area contributed by atoms with Crippen LogP contribution in [0.5, 0.6) is 17.2 Å². The number of likely N-dealkylation sites (tertiary alicyclic amines) is 1. The van der Waals surface area contributed by atoms with Crippen LogP contribution >= 0.6 is 0 Å². The van der Waals surface area contributed by atoms with Crippen LogP contribution in [0.15, 0.2) is 64.6 Å². The van der Waals surface area contributed by atoms with Crippen LogP contribution in [-0.2, 0) is 28.6 Å². The fourth-order valence-corrected chi connectivity index (χ4v) is 12.1. The molecule has 5 bridgehead atoms. The molecule has 1 saturated carbocycles. The highest BCUT2D eigenvalue weighted by Crippen LogP contribution is 2.50. The van der Waals surface area contributed by atoms with Gasteiger partial charge >= 0.3 is 17.7 Å². The third kappa shape index (κ3) is 10.8. The van der Waals surface area contributed by atoms with E-state index in [4.69, 9.17) is 23.7 Å². The molecule has 5 aliphatic heterocycles. The Morgan fingerprint density at radius 2 is 1.55 bits per heavy atom. The number of aliphatic hydroxyl groups excluding tert-OH is 2. The van der Waals surface area contributed by atoms with Crippen molar-refractivity contribution in [1.29, 1.82) is 0 Å². The number of amides is 2. The molecule has 6 heterocycles. The molecule has 22 nitrogen and oxygen atoms in total. The molecule has 2 amide bonds. The number of aliphatic hydroxyl groups is 2. The summed E-state index contributed by atoms with van der Waals surface area (Å²) in [6, 6.07) is 0.475. The van der Waals surface area contributed by atoms with Crippen LogP contribution in [-0.4, -0.2) is 148 Å². The van der Waals surface area contributed by atoms with E-state index in [0.717, 1.165) is 25.2 Å². The van der Waals surface area contributed by atoms with Gasteiger partial charge in [-0.05, 0) is 51.7 Å². The number of phenolic OH excluding ortho intramolecular Hbond substituents is 1. The van der Waals surface area contributed by atoms with Gasteiger partial charge in [-0.15, -0.1) is 0 Å². The van der Waals surface area contributed by atoms with Crippen LogP contribution in [0.4, 0.5) is 10.1 Å². The number of piperidine rings is 1. The number of fused-ring (bicyclic) bond motifs is 15. The number of carboxylic acids is 1. The van der Waals surface area contributed by atoms with Gasteiger partial charge in [0.25, 0.3) is 11.7 Å². The van der Waals surface area contributed by atoms with E-state index in [1.54, 1.807) is 48.1 Å². The lowest BCUT2D eigenvalue weighted by Gasteiger charge is -2.43. The first-order chi connectivity index (χ1) is 39.2. The lowest BCUT2D eigenvalue weighted by atomic mass is 9.78. The average Bonchev–Trinajstić information content (AvgIpc) is 3.92. The molecule has 83 heavy (non-hydrogen) atoms. The van der Waals surface area contributed by atoms with Crippen LogP contribution in [0.1, 0.15) is 127 Å². The number of carbonyl (C=O) groups excluding carboxylic acids is 6. The normalized spacial score (nSPS) is 27.5. The molecule has 23 heteroatoms. The Morgan fingerprint density at radius 1 is 0.880 bits per heavy atom. The van der Waals surface area contributed by atoms with Crippen molar-refractivity contribution in [2.75, 3.05) is 45.3 Å². The summed E-state index contributed by atoms with van der Waals surface area (Å²) in [5.74, 6) is -13.2. The minimum Gasteiger partial charge on any atom is -0.507 e. The summed E-state index contributed by atoms with van der Waals surface area (Å²) in [5.41, 5.74) is -3.18. The smallest absolute Gasteiger partial charge is 0.341 e. The number of methoxy groups -OCH3 is 2. The second-order valence-corrected chi connectivity index (χ2v) is 22.8. The number of ether oxygens (including phenoxy) is 5. The molecular formula is C60H70FN5O17. The third-order valence-electron chi connectivity index (χ3n) is 17.2. The number of aromatic hydroxyl groups is 1. The summed E-state index contributed by atoms with van der Waals surface area (Å²) in [6.07, 6.45) is 6.00. The molecule has 1 aromatic heterocycles. The summed E-state index contributed by atoms with van der Waals surface area (Å²) < 4.78 is 47.1. The third-order valence-corrected chi connectivity index (χ3v) is 17.2. The van der Waals surface area contributed by atoms with Crippen LogP contribution in [0.3, 0.4) is 0 Å². The summed E-state index contributed by atoms with van der Waals surface area (Å²) in [7, 11) is 2.74. The number of halogens is 1. The summed E-state index contributed by atoms with van der Waals surface area (Å²) in [4.78, 5) is 114. The van der Waals surface area contributed by atoms with Gasteiger partial charge in [-0.3, -0.25) is 33.6 Å². The highest BCUT2D eigenvalue weighted by Gasteiger charge is 2.54. The second kappa shape index (κ2) is 23.0. The van der Waals surface area contributed by atoms with Crippen molar-refractivity contribution in [2.24, 2.45) is 29.6 Å². The molecular weight excluding hydrogens is 1080 g/mol. The number of aromatic carboxylic acids is 1. The Bertz CT molecular complexity index is 3420. The van der Waals surface area contributed by atoms with Gasteiger partial charge in [0, 0.05) is 100 Å². The van der Waals surface area contributed by atoms with Crippen molar-refractivity contribution < 1.29 is 82.1 Å². The van der Waals surface area contributed by atoms with Crippen molar-refractivity contribution in [3.63, 3.8) is 0 Å². The minimum absolute atomic E-state index is 0.000893. The van der Waals surface area contributed by atoms with E-state index in [0.29, 0.717) is 0 Å². The fourth-order valence-electron chi connectivity index (χ4n) is 12.1. The first-order valence-electron chi connectivity index (χ1n) is 27.8. The molecule has 9 atom stereocenters. The molecule has 3 aromatic rings. The molecule has 7 aliphatic rings. The van der Waals surface area contributed by atoms with E-state index in [1.807, 2.05) is 0 Å². The molecule has 2 saturated heterocycles. The molecule has 10 rings (SSSR count). The van der Waals surface area contributed by atoms with Crippen LogP contribution in [0.2, 0.25) is 0 Å². The highest BCUT2D eigenvalue weighted by molar-refractivity contribution is 6.32. The average molecular weight is 1150 g/mol. The fraction of sp³-hybridized carbons (Fsp3) is 0.500. The number of nitrogens with one attached hydrogen (secondary N) is 2. The molecule has 0 radical (unpaired) electrons. The van der Waals surface area contributed by atoms with Gasteiger partial charge in [0.1, 0.15) is 40.2 Å². The number of esters is 1. The monoisotopic (exact) mass is 1150 g/mol. The number of pyridine rings is 1. The zero-order valence-corrected chi connectivity index (χ0v) is 47.9. The minimum atomic E-state index is -2.19. The standard InChI is InChI=1S/C60H70FN5O17/c1-26-12-11-13-27(2)57(75)63-43-46(64-19-16-33(17-20-64)58(76)62-34-23-65(24-34)45-38(61)22-36-44(55(45)80-10)66(35-14-15-35)25-37(50(36)71)59(77)78)52(73)40-41(51(43)72)49(70)31(6)54-42(40)56(74)60(8,83-54)81-21-18-39(79-9)28(3)53(82-32(7)67)30(5)48(69)29(4)47(26)68/h11-13,18,21-22,25-26,28-30,33-35,39,47-48,53,68-70H,14-17,19-20,23-24H2,1-10H3,(H,62,76)(H,63,75)(H,77,78)/t26-,28+,29+,30+,39-,47-,48+,53+,60-/m0/s1. The molecule has 444 valence electrons. The van der Waals surface area contributed by atoms with Crippen molar-refractivity contribution in [3.8, 4) is 17.2 Å². The summed E-state index contributed by atoms with van der Waals surface area (Å²) in [6.45, 7) is 12.5. The zero-order valence-electron chi connectivity index (χ0n) is 47.9. The second-order valence-electron chi connectivity index (χ2n) is 22.8. The number of phenols is 1. The Labute approximate surface area is 477 Å². The number of ketones is 3. The molecule has 0 unspecified atom stereocenters. The number of carbonyl (C=O) groups is 7. The van der Waals surface area contributed by atoms with E-state index in [2.05, 4.69) is 10.6 Å². The highest BCUT2D eigenvalue weighted by atomic mass is 19.1. The lowest BCUT2D eigenvalue weighted by Crippen LogP contribution is -2.61. The largest absolute Gasteiger partial charge is 0.507 e. The van der Waals surface area contributed by atoms with Gasteiger partial charge in [0.05, 0.1) is 65.3 Å². The first-order valence-corrected chi connectivity index (χ1v) is 27.8. The molecule has 2 aliphatic carbocycles. The van der Waals surface area contributed by atoms with E-state index >= 15 is 9.18 Å². The van der Waals surface area contributed by atoms with Crippen molar-refractivity contribution in [1.82, 2.24) is 20.1 Å². The maximum atomic E-state index is 16.0. The number of Topliss-reactive ketones (excluding diaryl/α,β-unsaturated/α-hetero) is 3. The van der Waals surface area contributed by atoms with Crippen LogP contribution in [0.25, 0.3) is 10.9 Å². The number of hydrogen-bond acceptors (Lipinski definition) is 18. The maximum Gasteiger partial charge on any atom is 0.341 e. The van der Waals surface area contributed by atoms with Gasteiger partial charge in [0.2, 0.25) is 22.9 Å². The summed E-state index contributed by atoms with van der Waals surface area (Å²) in [5, 5.41) is 50.2. The number of aromatic nitrogens is 1. The number of anilines is 1. The van der Waals surface area contributed by atoms with E-state index < -0.39 is 140 Å². The maximum absolute atomic E-state index is 16.0. The van der Waals surface area contributed by atoms with Gasteiger partial charge in [-0.2, -0.15) is 0 Å². The van der Waals surface area contributed by atoms with Crippen molar-refractivity contribution in [3.05, 3.63) is 104 Å². The Balaban J connectivity index is 0.997. The van der Waals surface area contributed by atoms with Gasteiger partial charge in [0.15, 0.2) is 11.6 Å². The lowest BCUT2D eigenvalue weighted by molar-refractivity contribution is -0.160. The zero-order chi connectivity index (χ0) is 60.4. The number of allylic oxidation sites excluding steroid dienone is 4. The molecule has 0 spiro atoms. The Kier molecular flexibility index (Phi) is 16.6. The van der Waals surface area contributed by atoms with Gasteiger partial charge < -0.3 is 69.1 Å². The number of hydrogen-bond donors (Lipinski definition) is 6. The SMILES string of the molecule is COc1c(N2CC(NC(=O)C3CCN(C4=C5NC(=O)C(C)=CC=C[C@H](C)[C@H](O)[C@@H](C)[C@@H](O)[C@@H](C)[C@H](OC(C)=O)[C@H](C)[C@@H](OC)C=CO[C@@]6(C)Oc7c(C)c(O)c(c(c7C6=O)C4=O)C5=O)CC3)C2)c(F)cc2c(=O)c(C(=O)O)cn(C3CC3)c12. The number of nitrogens with zero attached hydrogens (tertiary/aromatic N) is 3. The summed E-state index contributed by atoms with van der Waals surface area (Å²) >= 11 is 0. The van der Waals surface area contributed by atoms with Crippen molar-refractivity contribution in [2.45, 2.75) is 123 Å². The van der Waals surface area contributed by atoms with Crippen LogP contribution < -0.4 is 30.4 Å².